The predicted octanol–water partition coefficient (Wildman–Crippen LogP) is 6.07. The molecule has 5 aromatic rings. The molecule has 1 aliphatic carbocycles. The minimum Gasteiger partial charge on any atom is -0.355 e. The number of piperidine rings is 1. The van der Waals surface area contributed by atoms with Crippen LogP contribution < -0.4 is 4.90 Å². The zero-order valence-corrected chi connectivity index (χ0v) is 20.9. The lowest BCUT2D eigenvalue weighted by atomic mass is 9.76. The molecule has 0 amide bonds. The van der Waals surface area contributed by atoms with Crippen molar-refractivity contribution in [3.05, 3.63) is 55.9 Å². The van der Waals surface area contributed by atoms with Gasteiger partial charge in [-0.3, -0.25) is 9.50 Å². The number of thiazole rings is 1. The molecule has 1 aromatic carbocycles. The number of aromatic amines is 1. The summed E-state index contributed by atoms with van der Waals surface area (Å²) < 4.78 is 2.71. The fraction of sp³-hybridized carbons (Fsp3) is 0.304. The van der Waals surface area contributed by atoms with E-state index in [9.17, 15) is 0 Å². The second-order valence-corrected chi connectivity index (χ2v) is 11.5. The predicted molar refractivity (Wildman–Crippen MR) is 137 cm³/mol. The largest absolute Gasteiger partial charge is 0.355 e. The molecule has 1 fully saturated rings. The molecule has 11 heteroatoms. The average molecular weight is 531 g/mol. The topological polar surface area (TPSA) is 75.0 Å². The van der Waals surface area contributed by atoms with Crippen LogP contribution in [0.3, 0.4) is 0 Å². The van der Waals surface area contributed by atoms with Crippen molar-refractivity contribution in [3.63, 3.8) is 0 Å². The number of nitrogens with zero attached hydrogens (tertiary/aromatic N) is 6. The minimum atomic E-state index is 0.304. The number of H-pyrrole nitrogens is 1. The van der Waals surface area contributed by atoms with E-state index in [1.807, 2.05) is 35.1 Å². The fourth-order valence-electron chi connectivity index (χ4n) is 5.50. The Morgan fingerprint density at radius 1 is 1.06 bits per heavy atom. The van der Waals surface area contributed by atoms with E-state index >= 15 is 0 Å². The first-order valence-corrected chi connectivity index (χ1v) is 13.0. The molecular weight excluding hydrogens is 513 g/mol. The number of aromatic nitrogens is 6. The smallest absolute Gasteiger partial charge is 0.184 e. The first-order valence-electron chi connectivity index (χ1n) is 11.0. The van der Waals surface area contributed by atoms with E-state index in [-0.39, 0.29) is 0 Å². The molecule has 1 aliphatic heterocycles. The van der Waals surface area contributed by atoms with Gasteiger partial charge < -0.3 is 4.90 Å². The highest BCUT2D eigenvalue weighted by Gasteiger charge is 2.42. The van der Waals surface area contributed by atoms with Gasteiger partial charge in [0.25, 0.3) is 0 Å². The summed E-state index contributed by atoms with van der Waals surface area (Å²) in [6, 6.07) is 3.86. The molecule has 0 radical (unpaired) electrons. The van der Waals surface area contributed by atoms with Crippen molar-refractivity contribution in [2.24, 2.45) is 5.41 Å². The molecule has 0 unspecified atom stereocenters. The lowest BCUT2D eigenvalue weighted by Crippen LogP contribution is -2.41. The summed E-state index contributed by atoms with van der Waals surface area (Å²) in [5.74, 6) is 1.70. The first kappa shape index (κ1) is 20.9. The molecule has 7 nitrogen and oxygen atoms in total. The Hall–Kier alpha value is -2.39. The zero-order valence-electron chi connectivity index (χ0n) is 17.9. The van der Waals surface area contributed by atoms with Gasteiger partial charge in [0.2, 0.25) is 0 Å². The molecule has 2 aliphatic rings. The van der Waals surface area contributed by atoms with E-state index in [0.29, 0.717) is 25.4 Å². The lowest BCUT2D eigenvalue weighted by molar-refractivity contribution is 0.232. The number of anilines is 1. The van der Waals surface area contributed by atoms with Crippen molar-refractivity contribution in [1.29, 1.82) is 0 Å². The normalized spacial score (nSPS) is 17.3. The van der Waals surface area contributed by atoms with Crippen LogP contribution in [0, 0.1) is 5.41 Å². The molecule has 172 valence electrons. The Bertz CT molecular complexity index is 1550. The van der Waals surface area contributed by atoms with Crippen LogP contribution in [-0.4, -0.2) is 42.6 Å². The maximum atomic E-state index is 6.74. The Labute approximate surface area is 213 Å². The second kappa shape index (κ2) is 7.55. The highest BCUT2D eigenvalue weighted by Crippen LogP contribution is 2.47. The standard InChI is InChI=1S/C23H18Cl3N7S/c24-18-12(1-2-13-17(18)19(25)31-30-13)20-28-11-15-21(27-5-8-33(15)20)32-6-3-23(4-7-32)9-14-16(10-23)34-22(26)29-14/h1-2,5,8,11H,3-4,6-7,9-10H2,(H,30,31). The van der Waals surface area contributed by atoms with Crippen molar-refractivity contribution in [1.82, 2.24) is 29.5 Å². The summed E-state index contributed by atoms with van der Waals surface area (Å²) in [7, 11) is 0. The van der Waals surface area contributed by atoms with Crippen LogP contribution in [0.15, 0.2) is 30.7 Å². The molecule has 0 saturated carbocycles. The third-order valence-corrected chi connectivity index (χ3v) is 9.12. The van der Waals surface area contributed by atoms with Gasteiger partial charge >= 0.3 is 0 Å². The minimum absolute atomic E-state index is 0.304. The maximum absolute atomic E-state index is 6.74. The van der Waals surface area contributed by atoms with E-state index in [0.717, 1.165) is 67.0 Å². The summed E-state index contributed by atoms with van der Waals surface area (Å²) in [6.07, 6.45) is 9.97. The van der Waals surface area contributed by atoms with E-state index in [4.69, 9.17) is 44.8 Å². The SMILES string of the molecule is Clc1nc2c(s1)CC1(CCN(c3nccn4c(-c5ccc6[nH]nc(Cl)c6c5Cl)ncc34)CC1)C2. The highest BCUT2D eigenvalue weighted by molar-refractivity contribution is 7.15. The lowest BCUT2D eigenvalue weighted by Gasteiger charge is -2.39. The van der Waals surface area contributed by atoms with E-state index in [1.54, 1.807) is 11.3 Å². The molecule has 7 rings (SSSR count). The molecule has 4 aromatic heterocycles. The van der Waals surface area contributed by atoms with Gasteiger partial charge in [0, 0.05) is 35.9 Å². The third kappa shape index (κ3) is 3.09. The molecule has 34 heavy (non-hydrogen) atoms. The number of nitrogens with one attached hydrogen (secondary N) is 1. The fourth-order valence-corrected chi connectivity index (χ4v) is 7.48. The molecular formula is C23H18Cl3N7S. The average Bonchev–Trinajstić information content (AvgIpc) is 3.57. The van der Waals surface area contributed by atoms with Gasteiger partial charge in [-0.1, -0.05) is 34.8 Å². The maximum Gasteiger partial charge on any atom is 0.184 e. The van der Waals surface area contributed by atoms with Gasteiger partial charge in [-0.15, -0.1) is 11.3 Å². The Morgan fingerprint density at radius 3 is 2.74 bits per heavy atom. The van der Waals surface area contributed by atoms with Gasteiger partial charge in [-0.05, 0) is 43.2 Å². The van der Waals surface area contributed by atoms with Crippen molar-refractivity contribution >= 4 is 68.4 Å². The summed E-state index contributed by atoms with van der Waals surface area (Å²) >= 11 is 20.8. The van der Waals surface area contributed by atoms with Crippen LogP contribution in [0.2, 0.25) is 14.6 Å². The summed E-state index contributed by atoms with van der Waals surface area (Å²) in [4.78, 5) is 17.7. The Morgan fingerprint density at radius 2 is 1.91 bits per heavy atom. The Balaban J connectivity index is 1.20. The van der Waals surface area contributed by atoms with E-state index in [2.05, 4.69) is 20.1 Å². The van der Waals surface area contributed by atoms with Crippen LogP contribution in [0.4, 0.5) is 5.82 Å². The molecule has 1 spiro atoms. The summed E-state index contributed by atoms with van der Waals surface area (Å²) in [6.45, 7) is 1.90. The van der Waals surface area contributed by atoms with Crippen molar-refractivity contribution < 1.29 is 0 Å². The van der Waals surface area contributed by atoms with Crippen LogP contribution in [0.5, 0.6) is 0 Å². The van der Waals surface area contributed by atoms with Gasteiger partial charge in [-0.25, -0.2) is 15.0 Å². The number of benzene rings is 1. The van der Waals surface area contributed by atoms with Crippen LogP contribution >= 0.6 is 46.1 Å². The van der Waals surface area contributed by atoms with Crippen LogP contribution in [0.25, 0.3) is 27.8 Å². The van der Waals surface area contributed by atoms with Gasteiger partial charge in [0.15, 0.2) is 15.4 Å². The van der Waals surface area contributed by atoms with Crippen molar-refractivity contribution in [2.45, 2.75) is 25.7 Å². The Kier molecular flexibility index (Phi) is 4.65. The monoisotopic (exact) mass is 529 g/mol. The number of hydrogen-bond donors (Lipinski definition) is 1. The van der Waals surface area contributed by atoms with Gasteiger partial charge in [-0.2, -0.15) is 5.10 Å². The van der Waals surface area contributed by atoms with Crippen LogP contribution in [0.1, 0.15) is 23.4 Å². The molecule has 0 bridgehead atoms. The number of halogens is 3. The van der Waals surface area contributed by atoms with Gasteiger partial charge in [0.05, 0.1) is 27.8 Å². The van der Waals surface area contributed by atoms with Crippen molar-refractivity contribution in [2.75, 3.05) is 18.0 Å². The van der Waals surface area contributed by atoms with E-state index in [1.165, 1.54) is 10.6 Å². The first-order chi connectivity index (χ1) is 16.5. The number of imidazole rings is 1. The van der Waals surface area contributed by atoms with Crippen LogP contribution in [-0.2, 0) is 12.8 Å². The third-order valence-electron chi connectivity index (χ3n) is 7.26. The number of hydrogen-bond acceptors (Lipinski definition) is 6. The molecule has 5 heterocycles. The quantitative estimate of drug-likeness (QED) is 0.300. The molecule has 0 atom stereocenters. The molecule has 1 N–H and O–H groups in total. The number of rotatable bonds is 2. The number of fused-ring (bicyclic) bond motifs is 3. The van der Waals surface area contributed by atoms with E-state index < -0.39 is 0 Å². The molecule has 1 saturated heterocycles. The zero-order chi connectivity index (χ0) is 23.0. The van der Waals surface area contributed by atoms with Crippen molar-refractivity contribution in [3.8, 4) is 11.4 Å². The summed E-state index contributed by atoms with van der Waals surface area (Å²) in [5.41, 5.74) is 4.06. The highest BCUT2D eigenvalue weighted by atomic mass is 35.5. The van der Waals surface area contributed by atoms with Gasteiger partial charge in [0.1, 0.15) is 11.3 Å². The summed E-state index contributed by atoms with van der Waals surface area (Å²) in [5, 5.41) is 8.55. The second-order valence-electron chi connectivity index (χ2n) is 9.13.